The van der Waals surface area contributed by atoms with Gasteiger partial charge in [-0.15, -0.1) is 0 Å². The van der Waals surface area contributed by atoms with Gasteiger partial charge in [-0.2, -0.15) is 0 Å². The third-order valence-corrected chi connectivity index (χ3v) is 2.74. The van der Waals surface area contributed by atoms with Gasteiger partial charge in [0.25, 0.3) is 0 Å². The summed E-state index contributed by atoms with van der Waals surface area (Å²) < 4.78 is 9.98. The highest BCUT2D eigenvalue weighted by Crippen LogP contribution is 2.15. The molecule has 100 valence electrons. The van der Waals surface area contributed by atoms with Crippen LogP contribution in [0.25, 0.3) is 0 Å². The Labute approximate surface area is 115 Å². The zero-order valence-corrected chi connectivity index (χ0v) is 11.5. The number of carbonyl (C=O) groups excluding carboxylic acids is 1. The van der Waals surface area contributed by atoms with Crippen molar-refractivity contribution < 1.29 is 14.3 Å². The largest absolute Gasteiger partial charge is 0.460 e. The van der Waals surface area contributed by atoms with E-state index in [1.807, 2.05) is 0 Å². The van der Waals surface area contributed by atoms with E-state index in [4.69, 9.17) is 38.4 Å². The molecule has 1 rings (SSSR count). The Bertz CT molecular complexity index is 408. The van der Waals surface area contributed by atoms with Crippen LogP contribution in [-0.2, 0) is 20.9 Å². The first-order valence-corrected chi connectivity index (χ1v) is 5.96. The summed E-state index contributed by atoms with van der Waals surface area (Å²) in [5.41, 5.74) is 6.28. The third-order valence-electron chi connectivity index (χ3n) is 2.35. The quantitative estimate of drug-likeness (QED) is 0.662. The summed E-state index contributed by atoms with van der Waals surface area (Å²) in [6.07, 6.45) is -0.415. The molecular weight excluding hydrogens is 279 g/mol. The lowest BCUT2D eigenvalue weighted by molar-refractivity contribution is -0.149. The molecule has 0 saturated carbocycles. The zero-order valence-electron chi connectivity index (χ0n) is 10.0. The van der Waals surface area contributed by atoms with Crippen LogP contribution in [0.5, 0.6) is 0 Å². The fraction of sp³-hybridized carbons (Fsp3) is 0.455. The smallest absolute Gasteiger partial charge is 0.325 e. The predicted octanol–water partition coefficient (Wildman–Crippen LogP) is 1.79. The van der Waals surface area contributed by atoms with Gasteiger partial charge < -0.3 is 15.2 Å². The van der Waals surface area contributed by atoms with Crippen LogP contribution >= 0.6 is 23.2 Å². The molecule has 5 nitrogen and oxygen atoms in total. The molecule has 2 atom stereocenters. The van der Waals surface area contributed by atoms with E-state index in [-0.39, 0.29) is 16.9 Å². The number of aromatic nitrogens is 1. The lowest BCUT2D eigenvalue weighted by Crippen LogP contribution is -2.42. The minimum atomic E-state index is -0.831. The number of ether oxygens (including phenoxy) is 2. The molecule has 0 saturated heterocycles. The van der Waals surface area contributed by atoms with Crippen LogP contribution in [0.15, 0.2) is 12.1 Å². The van der Waals surface area contributed by atoms with Gasteiger partial charge in [0, 0.05) is 7.11 Å². The van der Waals surface area contributed by atoms with Crippen molar-refractivity contribution in [2.45, 2.75) is 25.7 Å². The van der Waals surface area contributed by atoms with E-state index in [0.29, 0.717) is 5.56 Å². The number of nitrogens with two attached hydrogens (primary N) is 1. The van der Waals surface area contributed by atoms with Gasteiger partial charge in [0.05, 0.1) is 6.10 Å². The maximum Gasteiger partial charge on any atom is 0.325 e. The first kappa shape index (κ1) is 15.2. The number of methoxy groups -OCH3 is 1. The zero-order chi connectivity index (χ0) is 13.7. The molecule has 1 aromatic rings. The molecule has 1 heterocycles. The molecule has 0 aromatic carbocycles. The van der Waals surface area contributed by atoms with Crippen LogP contribution in [-0.4, -0.2) is 30.2 Å². The average Bonchev–Trinajstić information content (AvgIpc) is 2.32. The summed E-state index contributed by atoms with van der Waals surface area (Å²) in [7, 11) is 1.47. The summed E-state index contributed by atoms with van der Waals surface area (Å²) >= 11 is 11.4. The minimum absolute atomic E-state index is 0.0327. The fourth-order valence-corrected chi connectivity index (χ4v) is 1.69. The summed E-state index contributed by atoms with van der Waals surface area (Å²) in [5.74, 6) is -0.548. The summed E-state index contributed by atoms with van der Waals surface area (Å²) in [5, 5.41) is 0.478. The standard InChI is InChI=1S/C11H14Cl2N2O3/c1-6(17-2)10(14)11(16)18-5-7-3-8(12)15-9(13)4-7/h3-4,6,10H,5,14H2,1-2H3/t6-,10-/m0/s1. The van der Waals surface area contributed by atoms with Crippen molar-refractivity contribution in [3.63, 3.8) is 0 Å². The van der Waals surface area contributed by atoms with Gasteiger partial charge >= 0.3 is 5.97 Å². The number of hydrogen-bond acceptors (Lipinski definition) is 5. The van der Waals surface area contributed by atoms with Crippen molar-refractivity contribution in [3.8, 4) is 0 Å². The van der Waals surface area contributed by atoms with E-state index < -0.39 is 18.1 Å². The molecule has 0 amide bonds. The Morgan fingerprint density at radius 1 is 1.44 bits per heavy atom. The highest BCUT2D eigenvalue weighted by Gasteiger charge is 2.22. The van der Waals surface area contributed by atoms with Crippen LogP contribution in [0.2, 0.25) is 10.3 Å². The van der Waals surface area contributed by atoms with E-state index in [1.165, 1.54) is 7.11 Å². The summed E-state index contributed by atoms with van der Waals surface area (Å²) in [4.78, 5) is 15.4. The minimum Gasteiger partial charge on any atom is -0.460 e. The molecule has 0 spiro atoms. The third kappa shape index (κ3) is 4.42. The molecule has 0 aliphatic heterocycles. The summed E-state index contributed by atoms with van der Waals surface area (Å²) in [6.45, 7) is 1.72. The van der Waals surface area contributed by atoms with Gasteiger partial charge in [0.1, 0.15) is 23.0 Å². The Hall–Kier alpha value is -0.880. The molecule has 7 heteroatoms. The van der Waals surface area contributed by atoms with Crippen molar-refractivity contribution in [1.82, 2.24) is 4.98 Å². The molecule has 0 fully saturated rings. The van der Waals surface area contributed by atoms with Crippen molar-refractivity contribution in [2.75, 3.05) is 7.11 Å². The van der Waals surface area contributed by atoms with Crippen LogP contribution in [0.1, 0.15) is 12.5 Å². The van der Waals surface area contributed by atoms with Crippen LogP contribution in [0.4, 0.5) is 0 Å². The Balaban J connectivity index is 2.57. The normalized spacial score (nSPS) is 14.1. The molecule has 2 N–H and O–H groups in total. The first-order chi connectivity index (χ1) is 8.43. The molecule has 0 bridgehead atoms. The van der Waals surface area contributed by atoms with E-state index in [1.54, 1.807) is 19.1 Å². The Morgan fingerprint density at radius 3 is 2.50 bits per heavy atom. The van der Waals surface area contributed by atoms with E-state index in [2.05, 4.69) is 4.98 Å². The SMILES string of the molecule is CO[C@@H](C)[C@H](N)C(=O)OCc1cc(Cl)nc(Cl)c1. The average molecular weight is 293 g/mol. The van der Waals surface area contributed by atoms with Crippen molar-refractivity contribution in [3.05, 3.63) is 28.0 Å². The lowest BCUT2D eigenvalue weighted by atomic mass is 10.2. The number of rotatable bonds is 5. The highest BCUT2D eigenvalue weighted by molar-refractivity contribution is 6.32. The molecule has 0 aliphatic carbocycles. The van der Waals surface area contributed by atoms with Gasteiger partial charge in [-0.25, -0.2) is 4.98 Å². The molecule has 1 aromatic heterocycles. The van der Waals surface area contributed by atoms with Gasteiger partial charge in [-0.3, -0.25) is 4.79 Å². The van der Waals surface area contributed by atoms with Crippen molar-refractivity contribution in [2.24, 2.45) is 5.73 Å². The van der Waals surface area contributed by atoms with Crippen LogP contribution in [0.3, 0.4) is 0 Å². The van der Waals surface area contributed by atoms with E-state index in [9.17, 15) is 4.79 Å². The monoisotopic (exact) mass is 292 g/mol. The Kier molecular flexibility index (Phi) is 5.81. The van der Waals surface area contributed by atoms with E-state index in [0.717, 1.165) is 0 Å². The molecular formula is C11H14Cl2N2O3. The molecule has 18 heavy (non-hydrogen) atoms. The second-order valence-electron chi connectivity index (χ2n) is 3.70. The number of esters is 1. The van der Waals surface area contributed by atoms with Gasteiger partial charge in [0.2, 0.25) is 0 Å². The van der Waals surface area contributed by atoms with Crippen LogP contribution < -0.4 is 5.73 Å². The first-order valence-electron chi connectivity index (χ1n) is 5.21. The molecule has 0 radical (unpaired) electrons. The summed E-state index contributed by atoms with van der Waals surface area (Å²) in [6, 6.07) is 2.29. The number of nitrogens with zero attached hydrogens (tertiary/aromatic N) is 1. The second kappa shape index (κ2) is 6.89. The maximum atomic E-state index is 11.6. The number of halogens is 2. The number of carbonyl (C=O) groups is 1. The number of pyridine rings is 1. The van der Waals surface area contributed by atoms with E-state index >= 15 is 0 Å². The van der Waals surface area contributed by atoms with Gasteiger partial charge in [-0.05, 0) is 24.6 Å². The highest BCUT2D eigenvalue weighted by atomic mass is 35.5. The van der Waals surface area contributed by atoms with Crippen molar-refractivity contribution in [1.29, 1.82) is 0 Å². The fourth-order valence-electron chi connectivity index (χ4n) is 1.19. The Morgan fingerprint density at radius 2 is 2.00 bits per heavy atom. The maximum absolute atomic E-state index is 11.6. The second-order valence-corrected chi connectivity index (χ2v) is 4.47. The van der Waals surface area contributed by atoms with Gasteiger partial charge in [-0.1, -0.05) is 23.2 Å². The number of hydrogen-bond donors (Lipinski definition) is 1. The van der Waals surface area contributed by atoms with Crippen molar-refractivity contribution >= 4 is 29.2 Å². The van der Waals surface area contributed by atoms with Gasteiger partial charge in [0.15, 0.2) is 0 Å². The molecule has 0 unspecified atom stereocenters. The lowest BCUT2D eigenvalue weighted by Gasteiger charge is -2.17. The van der Waals surface area contributed by atoms with Crippen LogP contribution in [0, 0.1) is 0 Å². The predicted molar refractivity (Wildman–Crippen MR) is 68.5 cm³/mol. The topological polar surface area (TPSA) is 74.4 Å². The molecule has 0 aliphatic rings.